The maximum atomic E-state index is 13.6. The number of carbonyl (C=O) groups is 1. The molecule has 1 heterocycles. The van der Waals surface area contributed by atoms with E-state index in [0.717, 1.165) is 7.11 Å². The largest absolute Gasteiger partial charge is 0.465 e. The van der Waals surface area contributed by atoms with Gasteiger partial charge in [-0.1, -0.05) is 32.9 Å². The third kappa shape index (κ3) is 4.02. The van der Waals surface area contributed by atoms with Crippen LogP contribution in [0.2, 0.25) is 0 Å². The first kappa shape index (κ1) is 22.5. The van der Waals surface area contributed by atoms with Crippen LogP contribution in [0.15, 0.2) is 34.2 Å². The van der Waals surface area contributed by atoms with Crippen molar-refractivity contribution in [2.75, 3.05) is 7.11 Å². The molecular formula is C19H25N3O6S. The summed E-state index contributed by atoms with van der Waals surface area (Å²) in [6, 6.07) is 5.45. The molecule has 0 aliphatic carbocycles. The molecule has 0 unspecified atom stereocenters. The number of esters is 1. The Kier molecular flexibility index (Phi) is 5.64. The highest BCUT2D eigenvalue weighted by molar-refractivity contribution is 7.91. The predicted octanol–water partition coefficient (Wildman–Crippen LogP) is 3.46. The van der Waals surface area contributed by atoms with E-state index in [9.17, 15) is 23.3 Å². The van der Waals surface area contributed by atoms with Crippen LogP contribution in [0.1, 0.15) is 57.7 Å². The van der Waals surface area contributed by atoms with Crippen LogP contribution >= 0.6 is 0 Å². The van der Waals surface area contributed by atoms with Gasteiger partial charge in [0.15, 0.2) is 0 Å². The van der Waals surface area contributed by atoms with Crippen molar-refractivity contribution in [2.24, 2.45) is 0 Å². The number of rotatable bonds is 4. The van der Waals surface area contributed by atoms with Crippen LogP contribution in [-0.2, 0) is 25.5 Å². The monoisotopic (exact) mass is 423 g/mol. The maximum absolute atomic E-state index is 13.6. The number of hydrogen-bond donors (Lipinski definition) is 0. The molecule has 0 amide bonds. The molecule has 0 aliphatic heterocycles. The molecule has 1 aromatic carbocycles. The molecule has 10 heteroatoms. The Balaban J connectivity index is 3.04. The molecule has 2 rings (SSSR count). The van der Waals surface area contributed by atoms with E-state index >= 15 is 0 Å². The van der Waals surface area contributed by atoms with Crippen LogP contribution in [0.3, 0.4) is 0 Å². The minimum atomic E-state index is -4.50. The second-order valence-corrected chi connectivity index (χ2v) is 10.4. The topological polar surface area (TPSA) is 121 Å². The minimum absolute atomic E-state index is 0.205. The first-order chi connectivity index (χ1) is 13.1. The number of imidazole rings is 1. The Morgan fingerprint density at radius 2 is 1.69 bits per heavy atom. The standard InChI is InChI=1S/C19H25N3O6S/c1-18(2,3)17-20-14(22(24)25)15(21(17)19(4,5)6)29(26,27)13-11-9-8-10-12(13)16(23)28-7/h8-11H,1-7H3. The van der Waals surface area contributed by atoms with Gasteiger partial charge in [0, 0.05) is 11.0 Å². The number of nitrogens with zero attached hydrogens (tertiary/aromatic N) is 3. The summed E-state index contributed by atoms with van der Waals surface area (Å²) in [5.41, 5.74) is -1.72. The SMILES string of the molecule is COC(=O)c1ccccc1S(=O)(=O)c1c([N+](=O)[O-])nc(C(C)(C)C)n1C(C)(C)C. The summed E-state index contributed by atoms with van der Waals surface area (Å²) in [6.07, 6.45) is 0. The highest BCUT2D eigenvalue weighted by atomic mass is 32.2. The Morgan fingerprint density at radius 1 is 1.14 bits per heavy atom. The average molecular weight is 423 g/mol. The number of carbonyl (C=O) groups excluding carboxylic acids is 1. The van der Waals surface area contributed by atoms with Crippen molar-refractivity contribution >= 4 is 21.6 Å². The van der Waals surface area contributed by atoms with Gasteiger partial charge in [-0.15, -0.1) is 0 Å². The number of aromatic nitrogens is 2. The van der Waals surface area contributed by atoms with E-state index in [1.165, 1.54) is 28.8 Å². The van der Waals surface area contributed by atoms with E-state index in [2.05, 4.69) is 9.72 Å². The summed E-state index contributed by atoms with van der Waals surface area (Å²) in [7, 11) is -3.37. The molecule has 0 atom stereocenters. The molecule has 9 nitrogen and oxygen atoms in total. The summed E-state index contributed by atoms with van der Waals surface area (Å²) in [6.45, 7) is 10.6. The lowest BCUT2D eigenvalue weighted by molar-refractivity contribution is -0.392. The lowest BCUT2D eigenvalue weighted by Crippen LogP contribution is -2.32. The summed E-state index contributed by atoms with van der Waals surface area (Å²) in [4.78, 5) is 26.8. The molecule has 158 valence electrons. The Labute approximate surface area is 169 Å². The molecule has 0 bridgehead atoms. The third-order valence-electron chi connectivity index (χ3n) is 4.17. The highest BCUT2D eigenvalue weighted by Gasteiger charge is 2.45. The average Bonchev–Trinajstić information content (AvgIpc) is 3.03. The molecule has 1 aromatic heterocycles. The van der Waals surface area contributed by atoms with Crippen molar-refractivity contribution in [1.29, 1.82) is 0 Å². The lowest BCUT2D eigenvalue weighted by atomic mass is 9.94. The van der Waals surface area contributed by atoms with Gasteiger partial charge in [-0.25, -0.2) is 13.2 Å². The van der Waals surface area contributed by atoms with Gasteiger partial charge in [0.25, 0.3) is 0 Å². The van der Waals surface area contributed by atoms with Crippen LogP contribution in [0, 0.1) is 10.1 Å². The van der Waals surface area contributed by atoms with E-state index in [-0.39, 0.29) is 16.3 Å². The van der Waals surface area contributed by atoms with Gasteiger partial charge in [0.2, 0.25) is 20.7 Å². The number of methoxy groups -OCH3 is 1. The van der Waals surface area contributed by atoms with E-state index in [0.29, 0.717) is 0 Å². The van der Waals surface area contributed by atoms with Crippen molar-refractivity contribution in [3.8, 4) is 0 Å². The van der Waals surface area contributed by atoms with E-state index < -0.39 is 42.5 Å². The zero-order valence-corrected chi connectivity index (χ0v) is 18.3. The second-order valence-electron chi connectivity index (χ2n) is 8.57. The Bertz CT molecular complexity index is 1070. The summed E-state index contributed by atoms with van der Waals surface area (Å²) < 4.78 is 33.3. The Hall–Kier alpha value is -2.75. The smallest absolute Gasteiger partial charge is 0.401 e. The number of benzene rings is 1. The molecule has 0 saturated carbocycles. The van der Waals surface area contributed by atoms with Gasteiger partial charge in [-0.3, -0.25) is 4.57 Å². The summed E-state index contributed by atoms with van der Waals surface area (Å²) in [5.74, 6) is -1.37. The third-order valence-corrected chi connectivity index (χ3v) is 5.98. The van der Waals surface area contributed by atoms with Crippen molar-refractivity contribution in [3.63, 3.8) is 0 Å². The summed E-state index contributed by atoms with van der Waals surface area (Å²) >= 11 is 0. The van der Waals surface area contributed by atoms with Crippen molar-refractivity contribution in [1.82, 2.24) is 9.55 Å². The summed E-state index contributed by atoms with van der Waals surface area (Å²) in [5, 5.41) is 11.2. The zero-order valence-electron chi connectivity index (χ0n) is 17.5. The highest BCUT2D eigenvalue weighted by Crippen LogP contribution is 2.39. The fourth-order valence-electron chi connectivity index (χ4n) is 2.96. The molecule has 0 saturated heterocycles. The van der Waals surface area contributed by atoms with E-state index in [1.807, 2.05) is 0 Å². The fraction of sp³-hybridized carbons (Fsp3) is 0.474. The maximum Gasteiger partial charge on any atom is 0.401 e. The van der Waals surface area contributed by atoms with Crippen molar-refractivity contribution < 1.29 is 22.9 Å². The number of ether oxygens (including phenoxy) is 1. The van der Waals surface area contributed by atoms with Crippen LogP contribution in [0.4, 0.5) is 5.82 Å². The zero-order chi connectivity index (χ0) is 22.4. The van der Waals surface area contributed by atoms with Gasteiger partial charge in [-0.05, 0) is 42.8 Å². The van der Waals surface area contributed by atoms with Crippen LogP contribution < -0.4 is 0 Å². The Morgan fingerprint density at radius 3 is 2.14 bits per heavy atom. The number of nitro groups is 1. The van der Waals surface area contributed by atoms with Crippen LogP contribution in [0.25, 0.3) is 0 Å². The van der Waals surface area contributed by atoms with Crippen molar-refractivity contribution in [3.05, 3.63) is 45.8 Å². The fourth-order valence-corrected chi connectivity index (χ4v) is 4.83. The molecule has 2 aromatic rings. The van der Waals surface area contributed by atoms with Gasteiger partial charge < -0.3 is 14.9 Å². The molecule has 0 aliphatic rings. The first-order valence-electron chi connectivity index (χ1n) is 8.84. The van der Waals surface area contributed by atoms with Crippen molar-refractivity contribution in [2.45, 2.75) is 62.4 Å². The van der Waals surface area contributed by atoms with Gasteiger partial charge in [0.05, 0.1) is 17.6 Å². The molecule has 0 spiro atoms. The molecule has 0 fully saturated rings. The normalized spacial score (nSPS) is 12.7. The van der Waals surface area contributed by atoms with Gasteiger partial charge in [0.1, 0.15) is 0 Å². The number of hydrogen-bond acceptors (Lipinski definition) is 7. The number of sulfone groups is 1. The van der Waals surface area contributed by atoms with Crippen LogP contribution in [0.5, 0.6) is 0 Å². The van der Waals surface area contributed by atoms with Gasteiger partial charge >= 0.3 is 11.8 Å². The van der Waals surface area contributed by atoms with E-state index in [1.54, 1.807) is 41.5 Å². The van der Waals surface area contributed by atoms with Gasteiger partial charge in [-0.2, -0.15) is 0 Å². The second kappa shape index (κ2) is 7.25. The minimum Gasteiger partial charge on any atom is -0.465 e. The molecule has 29 heavy (non-hydrogen) atoms. The predicted molar refractivity (Wildman–Crippen MR) is 106 cm³/mol. The molecule has 0 N–H and O–H groups in total. The van der Waals surface area contributed by atoms with E-state index in [4.69, 9.17) is 0 Å². The molecular weight excluding hydrogens is 398 g/mol. The van der Waals surface area contributed by atoms with Crippen LogP contribution in [-0.4, -0.2) is 36.0 Å². The quantitative estimate of drug-likeness (QED) is 0.419. The first-order valence-corrected chi connectivity index (χ1v) is 10.3. The lowest BCUT2D eigenvalue weighted by Gasteiger charge is -2.27. The molecule has 0 radical (unpaired) electrons.